The molecule has 1 heterocycles. The van der Waals surface area contributed by atoms with Gasteiger partial charge >= 0.3 is 6.09 Å². The average molecular weight is 331 g/mol. The first-order valence-electron chi connectivity index (χ1n) is 7.59. The van der Waals surface area contributed by atoms with Crippen LogP contribution in [0.3, 0.4) is 0 Å². The van der Waals surface area contributed by atoms with Gasteiger partial charge in [-0.05, 0) is 30.7 Å². The van der Waals surface area contributed by atoms with Gasteiger partial charge in [-0.25, -0.2) is 10.3 Å². The molecule has 0 aliphatic rings. The van der Waals surface area contributed by atoms with Crippen molar-refractivity contribution in [2.45, 2.75) is 20.8 Å². The number of benzene rings is 1. The lowest BCUT2D eigenvalue weighted by Gasteiger charge is -2.07. The highest BCUT2D eigenvalue weighted by Crippen LogP contribution is 2.24. The third-order valence-corrected chi connectivity index (χ3v) is 2.80. The maximum atomic E-state index is 11.4. The zero-order valence-corrected chi connectivity index (χ0v) is 13.9. The quantitative estimate of drug-likeness (QED) is 0.590. The fourth-order valence-electron chi connectivity index (χ4n) is 1.81. The molecule has 0 saturated carbocycles. The highest BCUT2D eigenvalue weighted by molar-refractivity contribution is 5.94. The molecule has 1 aromatic heterocycles. The lowest BCUT2D eigenvalue weighted by atomic mass is 10.1. The summed E-state index contributed by atoms with van der Waals surface area (Å²) in [5.74, 6) is -0.274. The average Bonchev–Trinajstić information content (AvgIpc) is 2.63. The summed E-state index contributed by atoms with van der Waals surface area (Å²) in [6.07, 6.45) is 2.37. The van der Waals surface area contributed by atoms with E-state index in [1.54, 1.807) is 48.9 Å². The zero-order chi connectivity index (χ0) is 17.9. The SMILES string of the molecule is CC.CCNC(=O)Oc1cccc(-c2cncc(C(=O)NO)c2)c1. The number of aromatic nitrogens is 1. The van der Waals surface area contributed by atoms with E-state index < -0.39 is 12.0 Å². The minimum atomic E-state index is -0.649. The Morgan fingerprint density at radius 2 is 1.92 bits per heavy atom. The van der Waals surface area contributed by atoms with E-state index in [9.17, 15) is 9.59 Å². The maximum absolute atomic E-state index is 11.4. The van der Waals surface area contributed by atoms with Crippen LogP contribution in [-0.4, -0.2) is 28.7 Å². The summed E-state index contributed by atoms with van der Waals surface area (Å²) in [7, 11) is 0. The van der Waals surface area contributed by atoms with Crippen molar-refractivity contribution < 1.29 is 19.5 Å². The monoisotopic (exact) mass is 331 g/mol. The van der Waals surface area contributed by atoms with Gasteiger partial charge in [0, 0.05) is 24.5 Å². The summed E-state index contributed by atoms with van der Waals surface area (Å²) in [4.78, 5) is 26.8. The Morgan fingerprint density at radius 3 is 2.58 bits per heavy atom. The van der Waals surface area contributed by atoms with Crippen LogP contribution in [0.5, 0.6) is 5.75 Å². The number of carbonyl (C=O) groups is 2. The number of hydroxylamine groups is 1. The molecule has 0 unspecified atom stereocenters. The van der Waals surface area contributed by atoms with Gasteiger partial charge in [-0.3, -0.25) is 15.0 Å². The highest BCUT2D eigenvalue weighted by Gasteiger charge is 2.08. The number of ether oxygens (including phenoxy) is 1. The molecule has 2 aromatic rings. The minimum Gasteiger partial charge on any atom is -0.410 e. The maximum Gasteiger partial charge on any atom is 0.412 e. The second-order valence-corrected chi connectivity index (χ2v) is 4.35. The van der Waals surface area contributed by atoms with Gasteiger partial charge in [0.05, 0.1) is 5.56 Å². The van der Waals surface area contributed by atoms with Gasteiger partial charge in [-0.2, -0.15) is 0 Å². The van der Waals surface area contributed by atoms with Crippen LogP contribution in [0.25, 0.3) is 11.1 Å². The van der Waals surface area contributed by atoms with Gasteiger partial charge in [-0.15, -0.1) is 0 Å². The van der Waals surface area contributed by atoms with E-state index in [1.807, 2.05) is 13.8 Å². The Kier molecular flexibility index (Phi) is 7.93. The second kappa shape index (κ2) is 9.96. The molecule has 3 N–H and O–H groups in total. The van der Waals surface area contributed by atoms with Crippen LogP contribution >= 0.6 is 0 Å². The third kappa shape index (κ3) is 5.36. The van der Waals surface area contributed by atoms with Crippen molar-refractivity contribution in [2.75, 3.05) is 6.54 Å². The number of hydrogen-bond acceptors (Lipinski definition) is 5. The van der Waals surface area contributed by atoms with E-state index in [4.69, 9.17) is 9.94 Å². The van der Waals surface area contributed by atoms with Crippen molar-refractivity contribution in [2.24, 2.45) is 0 Å². The molecule has 24 heavy (non-hydrogen) atoms. The number of pyridine rings is 1. The molecule has 7 nitrogen and oxygen atoms in total. The van der Waals surface area contributed by atoms with Gasteiger partial charge in [0.1, 0.15) is 5.75 Å². The van der Waals surface area contributed by atoms with E-state index in [1.165, 1.54) is 6.20 Å². The predicted molar refractivity (Wildman–Crippen MR) is 90.0 cm³/mol. The van der Waals surface area contributed by atoms with E-state index in [-0.39, 0.29) is 5.56 Å². The summed E-state index contributed by atoms with van der Waals surface area (Å²) in [6.45, 7) is 6.27. The fraction of sp³-hybridized carbons (Fsp3) is 0.235. The molecule has 0 aliphatic carbocycles. The van der Waals surface area contributed by atoms with E-state index in [2.05, 4.69) is 10.3 Å². The summed E-state index contributed by atoms with van der Waals surface area (Å²) >= 11 is 0. The van der Waals surface area contributed by atoms with Crippen molar-refractivity contribution >= 4 is 12.0 Å². The first-order valence-corrected chi connectivity index (χ1v) is 7.59. The van der Waals surface area contributed by atoms with Crippen LogP contribution in [0.15, 0.2) is 42.7 Å². The van der Waals surface area contributed by atoms with Gasteiger partial charge < -0.3 is 10.1 Å². The number of carbonyl (C=O) groups excluding carboxylic acids is 2. The third-order valence-electron chi connectivity index (χ3n) is 2.80. The molecule has 2 rings (SSSR count). The number of nitrogens with one attached hydrogen (secondary N) is 2. The van der Waals surface area contributed by atoms with Gasteiger partial charge in [-0.1, -0.05) is 26.0 Å². The number of hydrogen-bond donors (Lipinski definition) is 3. The molecule has 0 atom stereocenters. The fourth-order valence-corrected chi connectivity index (χ4v) is 1.81. The molecule has 0 spiro atoms. The largest absolute Gasteiger partial charge is 0.412 e. The lowest BCUT2D eigenvalue weighted by molar-refractivity contribution is 0.0706. The van der Waals surface area contributed by atoms with Gasteiger partial charge in [0.15, 0.2) is 0 Å². The highest BCUT2D eigenvalue weighted by atomic mass is 16.6. The van der Waals surface area contributed by atoms with E-state index in [0.29, 0.717) is 17.9 Å². The van der Waals surface area contributed by atoms with Crippen LogP contribution < -0.4 is 15.5 Å². The minimum absolute atomic E-state index is 0.218. The molecule has 0 fully saturated rings. The molecule has 128 valence electrons. The van der Waals surface area contributed by atoms with Crippen molar-refractivity contribution in [3.05, 3.63) is 48.3 Å². The topological polar surface area (TPSA) is 101 Å². The molecule has 0 saturated heterocycles. The number of amides is 2. The Balaban J connectivity index is 0.00000139. The molecular formula is C17H21N3O4. The van der Waals surface area contributed by atoms with Crippen molar-refractivity contribution in [3.63, 3.8) is 0 Å². The lowest BCUT2D eigenvalue weighted by Crippen LogP contribution is -2.26. The first kappa shape index (κ1) is 19.1. The zero-order valence-electron chi connectivity index (χ0n) is 13.9. The standard InChI is InChI=1S/C15H15N3O4.C2H6/c1-2-17-15(20)22-13-5-3-4-10(7-13)11-6-12(9-16-8-11)14(19)18-21;1-2/h3-9,21H,2H2,1H3,(H,17,20)(H,18,19);1-2H3. The molecule has 0 radical (unpaired) electrons. The van der Waals surface area contributed by atoms with Crippen molar-refractivity contribution in [3.8, 4) is 16.9 Å². The number of rotatable bonds is 4. The van der Waals surface area contributed by atoms with Crippen LogP contribution in [0.4, 0.5) is 4.79 Å². The smallest absolute Gasteiger partial charge is 0.410 e. The molecule has 2 amide bonds. The first-order chi connectivity index (χ1) is 11.6. The van der Waals surface area contributed by atoms with Gasteiger partial charge in [0.2, 0.25) is 0 Å². The molecule has 7 heteroatoms. The van der Waals surface area contributed by atoms with Crippen LogP contribution in [-0.2, 0) is 0 Å². The summed E-state index contributed by atoms with van der Waals surface area (Å²) < 4.78 is 5.13. The van der Waals surface area contributed by atoms with E-state index in [0.717, 1.165) is 5.56 Å². The Bertz CT molecular complexity index is 689. The van der Waals surface area contributed by atoms with Crippen molar-refractivity contribution in [1.82, 2.24) is 15.8 Å². The molecule has 1 aromatic carbocycles. The van der Waals surface area contributed by atoms with Crippen LogP contribution in [0, 0.1) is 0 Å². The molecule has 0 aliphatic heterocycles. The predicted octanol–water partition coefficient (Wildman–Crippen LogP) is 3.00. The second-order valence-electron chi connectivity index (χ2n) is 4.35. The Labute approximate surface area is 140 Å². The molecular weight excluding hydrogens is 310 g/mol. The summed E-state index contributed by atoms with van der Waals surface area (Å²) in [6, 6.07) is 8.40. The van der Waals surface area contributed by atoms with E-state index >= 15 is 0 Å². The van der Waals surface area contributed by atoms with Crippen molar-refractivity contribution in [1.29, 1.82) is 0 Å². The van der Waals surface area contributed by atoms with Crippen LogP contribution in [0.1, 0.15) is 31.1 Å². The number of nitrogens with zero attached hydrogens (tertiary/aromatic N) is 1. The Morgan fingerprint density at radius 1 is 1.17 bits per heavy atom. The Hall–Kier alpha value is -2.93. The normalized spacial score (nSPS) is 9.33. The molecule has 0 bridgehead atoms. The van der Waals surface area contributed by atoms with Crippen LogP contribution in [0.2, 0.25) is 0 Å². The van der Waals surface area contributed by atoms with Gasteiger partial charge in [0.25, 0.3) is 5.91 Å². The summed E-state index contributed by atoms with van der Waals surface area (Å²) in [5.41, 5.74) is 3.15. The summed E-state index contributed by atoms with van der Waals surface area (Å²) in [5, 5.41) is 11.2.